The Morgan fingerprint density at radius 2 is 2.00 bits per heavy atom. The van der Waals surface area contributed by atoms with Crippen LogP contribution in [0.1, 0.15) is 26.2 Å². The summed E-state index contributed by atoms with van der Waals surface area (Å²) in [6.07, 6.45) is 5.43. The van der Waals surface area contributed by atoms with E-state index in [1.54, 1.807) is 18.5 Å². The van der Waals surface area contributed by atoms with Gasteiger partial charge in [0.05, 0.1) is 5.41 Å². The standard InChI is InChI=1S/C12H17N3O2/c1-2-12(10(16)17)4-8-15(9-5-12)11-13-6-3-7-14-11/h3,6-7H,2,4-5,8-9H2,1H3,(H,16,17). The maximum atomic E-state index is 11.3. The molecule has 1 aliphatic rings. The Labute approximate surface area is 100 Å². The molecule has 0 bridgehead atoms. The Morgan fingerprint density at radius 1 is 1.41 bits per heavy atom. The molecule has 17 heavy (non-hydrogen) atoms. The van der Waals surface area contributed by atoms with E-state index in [0.29, 0.717) is 38.3 Å². The van der Waals surface area contributed by atoms with Gasteiger partial charge in [0.25, 0.3) is 0 Å². The highest BCUT2D eigenvalue weighted by Gasteiger charge is 2.40. The highest BCUT2D eigenvalue weighted by molar-refractivity contribution is 5.75. The van der Waals surface area contributed by atoms with Gasteiger partial charge in [0.15, 0.2) is 0 Å². The molecule has 0 aromatic carbocycles. The topological polar surface area (TPSA) is 66.3 Å². The third-order valence-corrected chi connectivity index (χ3v) is 3.69. The molecule has 0 amide bonds. The van der Waals surface area contributed by atoms with Crippen LogP contribution in [0.5, 0.6) is 0 Å². The molecule has 5 nitrogen and oxygen atoms in total. The number of anilines is 1. The third kappa shape index (κ3) is 2.23. The lowest BCUT2D eigenvalue weighted by molar-refractivity contribution is -0.150. The van der Waals surface area contributed by atoms with Crippen molar-refractivity contribution in [2.45, 2.75) is 26.2 Å². The number of piperidine rings is 1. The summed E-state index contributed by atoms with van der Waals surface area (Å²) in [5.41, 5.74) is -0.550. The van der Waals surface area contributed by atoms with Crippen molar-refractivity contribution < 1.29 is 9.90 Å². The fraction of sp³-hybridized carbons (Fsp3) is 0.583. The predicted molar refractivity (Wildman–Crippen MR) is 63.8 cm³/mol. The zero-order valence-corrected chi connectivity index (χ0v) is 9.96. The van der Waals surface area contributed by atoms with Gasteiger partial charge in [-0.2, -0.15) is 0 Å². The van der Waals surface area contributed by atoms with Gasteiger partial charge in [-0.3, -0.25) is 4.79 Å². The maximum absolute atomic E-state index is 11.3. The molecule has 1 aliphatic heterocycles. The Bertz CT molecular complexity index is 386. The van der Waals surface area contributed by atoms with Gasteiger partial charge < -0.3 is 10.0 Å². The summed E-state index contributed by atoms with van der Waals surface area (Å²) >= 11 is 0. The molecule has 2 rings (SSSR count). The van der Waals surface area contributed by atoms with E-state index in [2.05, 4.69) is 14.9 Å². The van der Waals surface area contributed by atoms with E-state index in [1.807, 2.05) is 6.92 Å². The van der Waals surface area contributed by atoms with Gasteiger partial charge in [0.2, 0.25) is 5.95 Å². The number of carboxylic acids is 1. The molecule has 1 fully saturated rings. The number of nitrogens with zero attached hydrogens (tertiary/aromatic N) is 3. The van der Waals surface area contributed by atoms with Crippen molar-refractivity contribution in [1.82, 2.24) is 9.97 Å². The SMILES string of the molecule is CCC1(C(=O)O)CCN(c2ncccn2)CC1. The number of aliphatic carboxylic acids is 1. The molecule has 0 aliphatic carbocycles. The molecule has 0 unspecified atom stereocenters. The van der Waals surface area contributed by atoms with Gasteiger partial charge in [0, 0.05) is 25.5 Å². The van der Waals surface area contributed by atoms with E-state index in [9.17, 15) is 9.90 Å². The molecule has 1 saturated heterocycles. The number of hydrogen-bond donors (Lipinski definition) is 1. The van der Waals surface area contributed by atoms with Gasteiger partial charge in [-0.15, -0.1) is 0 Å². The lowest BCUT2D eigenvalue weighted by atomic mass is 9.76. The average molecular weight is 235 g/mol. The molecular weight excluding hydrogens is 218 g/mol. The first-order valence-corrected chi connectivity index (χ1v) is 5.93. The predicted octanol–water partition coefficient (Wildman–Crippen LogP) is 1.56. The third-order valence-electron chi connectivity index (χ3n) is 3.69. The fourth-order valence-electron chi connectivity index (χ4n) is 2.31. The van der Waals surface area contributed by atoms with Crippen molar-refractivity contribution in [1.29, 1.82) is 0 Å². The van der Waals surface area contributed by atoms with E-state index >= 15 is 0 Å². The van der Waals surface area contributed by atoms with Crippen molar-refractivity contribution in [3.05, 3.63) is 18.5 Å². The molecule has 5 heteroatoms. The first kappa shape index (κ1) is 11.8. The van der Waals surface area contributed by atoms with E-state index in [1.165, 1.54) is 0 Å². The van der Waals surface area contributed by atoms with Crippen LogP contribution in [0.3, 0.4) is 0 Å². The van der Waals surface area contributed by atoms with E-state index < -0.39 is 11.4 Å². The van der Waals surface area contributed by atoms with Gasteiger partial charge in [-0.1, -0.05) is 6.92 Å². The van der Waals surface area contributed by atoms with Crippen molar-refractivity contribution in [3.8, 4) is 0 Å². The Hall–Kier alpha value is -1.65. The summed E-state index contributed by atoms with van der Waals surface area (Å²) in [5.74, 6) is 0.0243. The second kappa shape index (κ2) is 4.69. The van der Waals surface area contributed by atoms with Crippen LogP contribution < -0.4 is 4.90 Å². The van der Waals surface area contributed by atoms with Crippen molar-refractivity contribution in [3.63, 3.8) is 0 Å². The molecule has 1 aromatic rings. The van der Waals surface area contributed by atoms with Crippen LogP contribution in [-0.4, -0.2) is 34.1 Å². The lowest BCUT2D eigenvalue weighted by Crippen LogP contribution is -2.44. The van der Waals surface area contributed by atoms with Crippen LogP contribution in [0.25, 0.3) is 0 Å². The molecule has 0 saturated carbocycles. The first-order valence-electron chi connectivity index (χ1n) is 5.93. The van der Waals surface area contributed by atoms with Crippen LogP contribution in [0.15, 0.2) is 18.5 Å². The first-order chi connectivity index (χ1) is 8.18. The fourth-order valence-corrected chi connectivity index (χ4v) is 2.31. The second-order valence-corrected chi connectivity index (χ2v) is 4.47. The quantitative estimate of drug-likeness (QED) is 0.861. The minimum absolute atomic E-state index is 0.550. The Kier molecular flexibility index (Phi) is 3.26. The molecule has 1 aromatic heterocycles. The molecular formula is C12H17N3O2. The maximum Gasteiger partial charge on any atom is 0.309 e. The minimum atomic E-state index is -0.673. The molecule has 0 radical (unpaired) electrons. The van der Waals surface area contributed by atoms with Crippen molar-refractivity contribution >= 4 is 11.9 Å². The second-order valence-electron chi connectivity index (χ2n) is 4.47. The molecule has 0 atom stereocenters. The summed E-state index contributed by atoms with van der Waals surface area (Å²) in [4.78, 5) is 21.7. The van der Waals surface area contributed by atoms with E-state index in [-0.39, 0.29) is 0 Å². The van der Waals surface area contributed by atoms with Crippen LogP contribution >= 0.6 is 0 Å². The zero-order chi connectivity index (χ0) is 12.3. The monoisotopic (exact) mass is 235 g/mol. The highest BCUT2D eigenvalue weighted by atomic mass is 16.4. The van der Waals surface area contributed by atoms with Gasteiger partial charge in [-0.05, 0) is 25.3 Å². The summed E-state index contributed by atoms with van der Waals surface area (Å²) in [6, 6.07) is 1.78. The van der Waals surface area contributed by atoms with Crippen LogP contribution in [0.4, 0.5) is 5.95 Å². The normalized spacial score (nSPS) is 19.0. The van der Waals surface area contributed by atoms with Gasteiger partial charge >= 0.3 is 5.97 Å². The highest BCUT2D eigenvalue weighted by Crippen LogP contribution is 2.35. The van der Waals surface area contributed by atoms with Crippen molar-refractivity contribution in [2.75, 3.05) is 18.0 Å². The largest absolute Gasteiger partial charge is 0.481 e. The van der Waals surface area contributed by atoms with Crippen LogP contribution in [0, 0.1) is 5.41 Å². The molecule has 92 valence electrons. The van der Waals surface area contributed by atoms with Crippen LogP contribution in [-0.2, 0) is 4.79 Å². The minimum Gasteiger partial charge on any atom is -0.481 e. The summed E-state index contributed by atoms with van der Waals surface area (Å²) < 4.78 is 0. The Balaban J connectivity index is 2.05. The zero-order valence-electron chi connectivity index (χ0n) is 9.96. The van der Waals surface area contributed by atoms with Gasteiger partial charge in [0.1, 0.15) is 0 Å². The number of carbonyl (C=O) groups is 1. The molecule has 1 N–H and O–H groups in total. The summed E-state index contributed by atoms with van der Waals surface area (Å²) in [6.45, 7) is 3.37. The smallest absolute Gasteiger partial charge is 0.309 e. The Morgan fingerprint density at radius 3 is 2.47 bits per heavy atom. The molecule has 0 spiro atoms. The summed E-state index contributed by atoms with van der Waals surface area (Å²) in [5, 5.41) is 9.30. The average Bonchev–Trinajstić information content (AvgIpc) is 2.39. The van der Waals surface area contributed by atoms with Gasteiger partial charge in [-0.25, -0.2) is 9.97 Å². The van der Waals surface area contributed by atoms with Crippen molar-refractivity contribution in [2.24, 2.45) is 5.41 Å². The number of carboxylic acid groups (broad SMARTS) is 1. The number of aromatic nitrogens is 2. The van der Waals surface area contributed by atoms with E-state index in [4.69, 9.17) is 0 Å². The lowest BCUT2D eigenvalue weighted by Gasteiger charge is -2.38. The number of hydrogen-bond acceptors (Lipinski definition) is 4. The number of rotatable bonds is 3. The van der Waals surface area contributed by atoms with E-state index in [0.717, 1.165) is 0 Å². The molecule has 2 heterocycles. The summed E-state index contributed by atoms with van der Waals surface area (Å²) in [7, 11) is 0. The van der Waals surface area contributed by atoms with Crippen LogP contribution in [0.2, 0.25) is 0 Å².